The summed E-state index contributed by atoms with van der Waals surface area (Å²) in [6.45, 7) is 0. The largest absolute Gasteiger partial charge is 0.480 e. The van der Waals surface area contributed by atoms with Crippen LogP contribution in [0.1, 0.15) is 5.56 Å². The molecular weight excluding hydrogens is 304 g/mol. The van der Waals surface area contributed by atoms with E-state index in [9.17, 15) is 4.79 Å². The Morgan fingerprint density at radius 1 is 1.62 bits per heavy atom. The van der Waals surface area contributed by atoms with Crippen molar-refractivity contribution in [1.82, 2.24) is 9.78 Å². The highest BCUT2D eigenvalue weighted by molar-refractivity contribution is 9.08. The van der Waals surface area contributed by atoms with Crippen molar-refractivity contribution in [3.05, 3.63) is 22.0 Å². The second kappa shape index (κ2) is 4.76. The van der Waals surface area contributed by atoms with Crippen LogP contribution in [0.2, 0.25) is 0 Å². The summed E-state index contributed by atoms with van der Waals surface area (Å²) in [5.74, 6) is 0.438. The molecule has 0 fully saturated rings. The molecule has 0 aliphatic heterocycles. The van der Waals surface area contributed by atoms with Crippen molar-refractivity contribution in [2.45, 2.75) is 10.8 Å². The summed E-state index contributed by atoms with van der Waals surface area (Å²) in [4.78, 5) is 11.5. The number of aromatic nitrogens is 2. The van der Waals surface area contributed by atoms with Gasteiger partial charge in [0.1, 0.15) is 5.45 Å². The molecule has 0 aromatic carbocycles. The summed E-state index contributed by atoms with van der Waals surface area (Å²) in [6, 6.07) is 1.62. The number of ether oxygens (including phenoxy) is 1. The van der Waals surface area contributed by atoms with E-state index in [1.165, 1.54) is 11.8 Å². The summed E-state index contributed by atoms with van der Waals surface area (Å²) in [7, 11) is 1.52. The van der Waals surface area contributed by atoms with Crippen LogP contribution in [0.25, 0.3) is 0 Å². The number of halogens is 2. The zero-order valence-corrected chi connectivity index (χ0v) is 10.1. The molecule has 0 unspecified atom stereocenters. The van der Waals surface area contributed by atoms with E-state index in [-0.39, 0.29) is 5.56 Å². The molecule has 0 N–H and O–H groups in total. The van der Waals surface area contributed by atoms with E-state index in [1.54, 1.807) is 6.07 Å². The van der Waals surface area contributed by atoms with Crippen molar-refractivity contribution in [2.75, 3.05) is 7.11 Å². The Morgan fingerprint density at radius 3 is 2.77 bits per heavy atom. The minimum Gasteiger partial charge on any atom is -0.480 e. The molecule has 1 aromatic rings. The third-order valence-corrected chi connectivity index (χ3v) is 2.57. The molecule has 0 saturated heterocycles. The van der Waals surface area contributed by atoms with Crippen LogP contribution in [0.5, 0.6) is 5.88 Å². The fourth-order valence-corrected chi connectivity index (χ4v) is 1.59. The molecule has 0 saturated carbocycles. The second-order valence-electron chi connectivity index (χ2n) is 2.27. The van der Waals surface area contributed by atoms with Gasteiger partial charge in [0.25, 0.3) is 5.56 Å². The normalized spacial score (nSPS) is 10.1. The first kappa shape index (κ1) is 10.7. The number of nitrogens with zero attached hydrogens (tertiary/aromatic N) is 2. The third-order valence-electron chi connectivity index (χ3n) is 1.49. The average Bonchev–Trinajstić information content (AvgIpc) is 2.18. The van der Waals surface area contributed by atoms with Crippen molar-refractivity contribution < 1.29 is 4.74 Å². The minimum atomic E-state index is -0.116. The summed E-state index contributed by atoms with van der Waals surface area (Å²) in [6.07, 6.45) is 0. The van der Waals surface area contributed by atoms with Crippen LogP contribution in [-0.4, -0.2) is 16.9 Å². The molecule has 13 heavy (non-hydrogen) atoms. The Balaban J connectivity index is 3.29. The fraction of sp³-hybridized carbons (Fsp3) is 0.429. The smallest absolute Gasteiger partial charge is 0.271 e. The van der Waals surface area contributed by atoms with Gasteiger partial charge in [-0.15, -0.1) is 5.10 Å². The van der Waals surface area contributed by atoms with E-state index < -0.39 is 0 Å². The molecule has 72 valence electrons. The Bertz CT molecular complexity index is 323. The van der Waals surface area contributed by atoms with E-state index in [4.69, 9.17) is 4.74 Å². The van der Waals surface area contributed by atoms with Gasteiger partial charge in [-0.05, 0) is 0 Å². The number of hydrogen-bond acceptors (Lipinski definition) is 3. The summed E-state index contributed by atoms with van der Waals surface area (Å²) < 4.78 is 6.24. The molecule has 0 spiro atoms. The predicted octanol–water partition coefficient (Wildman–Crippen LogP) is 1.50. The van der Waals surface area contributed by atoms with Gasteiger partial charge in [0.2, 0.25) is 5.88 Å². The molecule has 0 radical (unpaired) electrons. The van der Waals surface area contributed by atoms with Crippen molar-refractivity contribution in [3.63, 3.8) is 0 Å². The Hall–Kier alpha value is -0.360. The second-order valence-corrected chi connectivity index (χ2v) is 3.33. The molecule has 0 bridgehead atoms. The lowest BCUT2D eigenvalue weighted by Crippen LogP contribution is -2.24. The fourth-order valence-electron chi connectivity index (χ4n) is 0.846. The Labute approximate surface area is 92.2 Å². The number of alkyl halides is 2. The topological polar surface area (TPSA) is 44.1 Å². The maximum atomic E-state index is 11.5. The molecule has 6 heteroatoms. The maximum absolute atomic E-state index is 11.5. The lowest BCUT2D eigenvalue weighted by atomic mass is 10.3. The molecule has 0 atom stereocenters. The first-order valence-electron chi connectivity index (χ1n) is 3.50. The predicted molar refractivity (Wildman–Crippen MR) is 56.6 cm³/mol. The van der Waals surface area contributed by atoms with Gasteiger partial charge in [0, 0.05) is 17.0 Å². The monoisotopic (exact) mass is 310 g/mol. The molecule has 0 aliphatic rings. The van der Waals surface area contributed by atoms with Crippen molar-refractivity contribution in [2.24, 2.45) is 0 Å². The van der Waals surface area contributed by atoms with E-state index in [0.29, 0.717) is 22.2 Å². The average molecular weight is 312 g/mol. The standard InChI is InChI=1S/C7H8Br2N2O2/c1-13-6-2-5(3-8)7(12)11(4-9)10-6/h2H,3-4H2,1H3. The number of methoxy groups -OCH3 is 1. The number of rotatable bonds is 3. The minimum absolute atomic E-state index is 0.116. The van der Waals surface area contributed by atoms with Crippen LogP contribution in [0.3, 0.4) is 0 Å². The lowest BCUT2D eigenvalue weighted by molar-refractivity contribution is 0.381. The van der Waals surface area contributed by atoms with Crippen LogP contribution in [-0.2, 0) is 10.8 Å². The molecule has 1 aromatic heterocycles. The molecule has 0 aliphatic carbocycles. The highest BCUT2D eigenvalue weighted by atomic mass is 79.9. The van der Waals surface area contributed by atoms with Crippen LogP contribution in [0.15, 0.2) is 10.9 Å². The Morgan fingerprint density at radius 2 is 2.31 bits per heavy atom. The van der Waals surface area contributed by atoms with Gasteiger partial charge in [0.15, 0.2) is 0 Å². The van der Waals surface area contributed by atoms with Gasteiger partial charge in [-0.25, -0.2) is 4.68 Å². The van der Waals surface area contributed by atoms with E-state index >= 15 is 0 Å². The van der Waals surface area contributed by atoms with Gasteiger partial charge < -0.3 is 4.74 Å². The zero-order chi connectivity index (χ0) is 9.84. The summed E-state index contributed by atoms with van der Waals surface area (Å²) >= 11 is 6.39. The molecule has 1 heterocycles. The van der Waals surface area contributed by atoms with Gasteiger partial charge in [-0.1, -0.05) is 31.9 Å². The first-order chi connectivity index (χ1) is 6.22. The first-order valence-corrected chi connectivity index (χ1v) is 5.74. The van der Waals surface area contributed by atoms with E-state index in [0.717, 1.165) is 0 Å². The molecular formula is C7H8Br2N2O2. The van der Waals surface area contributed by atoms with E-state index in [1.807, 2.05) is 0 Å². The number of hydrogen-bond donors (Lipinski definition) is 0. The highest BCUT2D eigenvalue weighted by Crippen LogP contribution is 2.08. The Kier molecular flexibility index (Phi) is 3.92. The highest BCUT2D eigenvalue weighted by Gasteiger charge is 2.06. The maximum Gasteiger partial charge on any atom is 0.271 e. The zero-order valence-electron chi connectivity index (χ0n) is 6.96. The molecule has 1 rings (SSSR count). The lowest BCUT2D eigenvalue weighted by Gasteiger charge is -2.05. The van der Waals surface area contributed by atoms with Crippen molar-refractivity contribution in [3.8, 4) is 5.88 Å². The SMILES string of the molecule is COc1cc(CBr)c(=O)n(CBr)n1. The van der Waals surface area contributed by atoms with Crippen molar-refractivity contribution in [1.29, 1.82) is 0 Å². The van der Waals surface area contributed by atoms with E-state index in [2.05, 4.69) is 37.0 Å². The van der Waals surface area contributed by atoms with Gasteiger partial charge >= 0.3 is 0 Å². The van der Waals surface area contributed by atoms with Crippen LogP contribution >= 0.6 is 31.9 Å². The summed E-state index contributed by atoms with van der Waals surface area (Å²) in [5.41, 5.74) is 0.879. The molecule has 4 nitrogen and oxygen atoms in total. The van der Waals surface area contributed by atoms with Gasteiger partial charge in [0.05, 0.1) is 7.11 Å². The molecule has 0 amide bonds. The van der Waals surface area contributed by atoms with Crippen molar-refractivity contribution >= 4 is 31.9 Å². The van der Waals surface area contributed by atoms with Crippen LogP contribution < -0.4 is 10.3 Å². The quantitative estimate of drug-likeness (QED) is 0.795. The summed E-state index contributed by atoms with van der Waals surface area (Å²) in [5, 5.41) is 4.43. The van der Waals surface area contributed by atoms with Crippen LogP contribution in [0.4, 0.5) is 0 Å². The van der Waals surface area contributed by atoms with Gasteiger partial charge in [-0.3, -0.25) is 4.79 Å². The third kappa shape index (κ3) is 2.31. The van der Waals surface area contributed by atoms with Crippen LogP contribution in [0, 0.1) is 0 Å². The van der Waals surface area contributed by atoms with Gasteiger partial charge in [-0.2, -0.15) is 0 Å².